The number of carbonyl (C=O) groups excluding carboxylic acids is 2. The molecule has 2 aliphatic heterocycles. The second-order valence-corrected chi connectivity index (χ2v) is 15.6. The van der Waals surface area contributed by atoms with Crippen LogP contribution < -0.4 is 10.6 Å². The first-order chi connectivity index (χ1) is 26.6. The van der Waals surface area contributed by atoms with E-state index in [-0.39, 0.29) is 18.1 Å². The molecule has 1 saturated heterocycles. The van der Waals surface area contributed by atoms with Crippen molar-refractivity contribution in [1.29, 1.82) is 0 Å². The average Bonchev–Trinajstić information content (AvgIpc) is 3.96. The zero-order valence-electron chi connectivity index (χ0n) is 32.7. The molecule has 294 valence electrons. The summed E-state index contributed by atoms with van der Waals surface area (Å²) in [4.78, 5) is 46.1. The predicted molar refractivity (Wildman–Crippen MR) is 205 cm³/mol. The van der Waals surface area contributed by atoms with Crippen LogP contribution in [-0.2, 0) is 23.6 Å². The van der Waals surface area contributed by atoms with E-state index in [0.29, 0.717) is 49.1 Å². The Balaban J connectivity index is 0.000000172. The second kappa shape index (κ2) is 14.9. The van der Waals surface area contributed by atoms with Gasteiger partial charge in [0.1, 0.15) is 23.9 Å². The average molecular weight is 767 g/mol. The first-order valence-electron chi connectivity index (χ1n) is 18.1. The van der Waals surface area contributed by atoms with Crippen molar-refractivity contribution in [2.45, 2.75) is 65.1 Å². The fourth-order valence-corrected chi connectivity index (χ4v) is 6.14. The fourth-order valence-electron chi connectivity index (χ4n) is 6.14. The number of aryl methyl sites for hydroxylation is 2. The Bertz CT molecular complexity index is 2370. The van der Waals surface area contributed by atoms with Crippen LogP contribution in [0.5, 0.6) is 0 Å². The molecule has 0 saturated carbocycles. The largest absolute Gasteiger partial charge is 0.444 e. The normalized spacial score (nSPS) is 15.9. The summed E-state index contributed by atoms with van der Waals surface area (Å²) in [5, 5.41) is 23.3. The summed E-state index contributed by atoms with van der Waals surface area (Å²) in [5.74, 6) is 1.29. The number of fused-ring (bicyclic) bond motifs is 2. The Kier molecular flexibility index (Phi) is 10.0. The summed E-state index contributed by atoms with van der Waals surface area (Å²) in [6.45, 7) is 13.3. The molecule has 2 amide bonds. The molecule has 1 atom stereocenters. The highest BCUT2D eigenvalue weighted by molar-refractivity contribution is 5.78. The molecule has 2 N–H and O–H groups in total. The van der Waals surface area contributed by atoms with Crippen molar-refractivity contribution in [3.05, 3.63) is 67.3 Å². The molecule has 0 spiro atoms. The van der Waals surface area contributed by atoms with Crippen molar-refractivity contribution in [2.75, 3.05) is 36.8 Å². The number of likely N-dealkylation sites (tertiary alicyclic amines) is 1. The number of nitrogens with zero attached hydrogens (tertiary/aromatic N) is 14. The van der Waals surface area contributed by atoms with Crippen LogP contribution in [0, 0.1) is 0 Å². The highest BCUT2D eigenvalue weighted by Gasteiger charge is 2.32. The molecule has 1 fully saturated rings. The second-order valence-electron chi connectivity index (χ2n) is 15.6. The van der Waals surface area contributed by atoms with Crippen LogP contribution in [-0.4, -0.2) is 118 Å². The van der Waals surface area contributed by atoms with Crippen LogP contribution in [0.4, 0.5) is 32.6 Å². The molecule has 20 nitrogen and oxygen atoms in total. The Morgan fingerprint density at radius 2 is 1.29 bits per heavy atom. The molecule has 56 heavy (non-hydrogen) atoms. The number of carbonyl (C=O) groups is 2. The Morgan fingerprint density at radius 3 is 1.84 bits per heavy atom. The van der Waals surface area contributed by atoms with Gasteiger partial charge in [-0.1, -0.05) is 6.08 Å². The molecule has 8 rings (SSSR count). The minimum atomic E-state index is -0.529. The number of amides is 2. The van der Waals surface area contributed by atoms with E-state index in [4.69, 9.17) is 19.4 Å². The van der Waals surface area contributed by atoms with Gasteiger partial charge in [0.05, 0.1) is 54.1 Å². The molecule has 6 aromatic rings. The minimum Gasteiger partial charge on any atom is -0.444 e. The molecular formula is C36H46N16O4. The lowest BCUT2D eigenvalue weighted by atomic mass is 10.1. The molecule has 2 aliphatic rings. The van der Waals surface area contributed by atoms with E-state index in [1.54, 1.807) is 46.8 Å². The lowest BCUT2D eigenvalue weighted by Crippen LogP contribution is -2.35. The van der Waals surface area contributed by atoms with Gasteiger partial charge in [0.2, 0.25) is 0 Å². The molecular weight excluding hydrogens is 721 g/mol. The lowest BCUT2D eigenvalue weighted by Gasteiger charge is -2.24. The van der Waals surface area contributed by atoms with Crippen molar-refractivity contribution < 1.29 is 19.1 Å². The lowest BCUT2D eigenvalue weighted by molar-refractivity contribution is 0.0286. The van der Waals surface area contributed by atoms with E-state index in [0.717, 1.165) is 34.8 Å². The third kappa shape index (κ3) is 8.85. The number of nitrogens with one attached hydrogen (secondary N) is 2. The standard InChI is InChI=1S/C18H24N8O2.C18H22N8O2/c2*1-18(2,3)28-17(27)25-6-5-12(8-25)14-10-26-16(19-11-21-26)15(23-14)22-13-7-20-24(4)9-13/h7,9-12H,5-6,8H2,1-4H3,(H,22,23);5,7,9-11H,6,8H2,1-4H3,(H,22,23). The monoisotopic (exact) mass is 766 g/mol. The van der Waals surface area contributed by atoms with Gasteiger partial charge in [-0.05, 0) is 53.5 Å². The summed E-state index contributed by atoms with van der Waals surface area (Å²) in [6, 6.07) is 0. The molecule has 0 bridgehead atoms. The number of aromatic nitrogens is 12. The minimum absolute atomic E-state index is 0.107. The van der Waals surface area contributed by atoms with E-state index in [1.807, 2.05) is 80.3 Å². The summed E-state index contributed by atoms with van der Waals surface area (Å²) in [7, 11) is 3.70. The highest BCUT2D eigenvalue weighted by Crippen LogP contribution is 2.30. The van der Waals surface area contributed by atoms with Gasteiger partial charge in [-0.2, -0.15) is 20.4 Å². The van der Waals surface area contributed by atoms with Gasteiger partial charge in [-0.15, -0.1) is 0 Å². The summed E-state index contributed by atoms with van der Waals surface area (Å²) in [5.41, 5.74) is 4.33. The highest BCUT2D eigenvalue weighted by atomic mass is 16.6. The maximum absolute atomic E-state index is 12.4. The van der Waals surface area contributed by atoms with Gasteiger partial charge < -0.3 is 29.9 Å². The fraction of sp³-hybridized carbons (Fsp3) is 0.444. The van der Waals surface area contributed by atoms with Crippen LogP contribution in [0.3, 0.4) is 0 Å². The number of hydrogen-bond donors (Lipinski definition) is 2. The van der Waals surface area contributed by atoms with Gasteiger partial charge >= 0.3 is 12.2 Å². The summed E-state index contributed by atoms with van der Waals surface area (Å²) >= 11 is 0. The van der Waals surface area contributed by atoms with Crippen molar-refractivity contribution in [1.82, 2.24) is 68.5 Å². The first kappa shape index (κ1) is 37.7. The van der Waals surface area contributed by atoms with Gasteiger partial charge in [-0.25, -0.2) is 38.6 Å². The first-order valence-corrected chi connectivity index (χ1v) is 18.1. The number of ether oxygens (including phenoxy) is 2. The molecule has 8 heterocycles. The number of rotatable bonds is 6. The zero-order valence-corrected chi connectivity index (χ0v) is 32.7. The van der Waals surface area contributed by atoms with Crippen LogP contribution >= 0.6 is 0 Å². The van der Waals surface area contributed by atoms with Gasteiger partial charge in [-0.3, -0.25) is 9.36 Å². The predicted octanol–water partition coefficient (Wildman–Crippen LogP) is 4.56. The van der Waals surface area contributed by atoms with Gasteiger partial charge in [0.25, 0.3) is 0 Å². The number of anilines is 4. The zero-order chi connectivity index (χ0) is 39.8. The van der Waals surface area contributed by atoms with Crippen LogP contribution in [0.1, 0.15) is 65.3 Å². The van der Waals surface area contributed by atoms with E-state index >= 15 is 0 Å². The van der Waals surface area contributed by atoms with E-state index in [9.17, 15) is 9.59 Å². The van der Waals surface area contributed by atoms with E-state index < -0.39 is 11.2 Å². The smallest absolute Gasteiger partial charge is 0.410 e. The summed E-state index contributed by atoms with van der Waals surface area (Å²) < 4.78 is 17.7. The van der Waals surface area contributed by atoms with Gasteiger partial charge in [0, 0.05) is 52.0 Å². The molecule has 0 aliphatic carbocycles. The number of hydrogen-bond acceptors (Lipinski definition) is 14. The SMILES string of the molecule is Cn1cc(Nc2nc(C3=CCN(C(=O)OC(C)(C)C)C3)cn3ncnc23)cn1.Cn1cc(Nc2nc(C3CCN(C(=O)OC(C)(C)C)C3)cn3ncnc23)cn1. The third-order valence-electron chi connectivity index (χ3n) is 8.64. The van der Waals surface area contributed by atoms with Crippen LogP contribution in [0.25, 0.3) is 16.9 Å². The Hall–Kier alpha value is -6.60. The Morgan fingerprint density at radius 1 is 0.732 bits per heavy atom. The molecule has 6 aromatic heterocycles. The van der Waals surface area contributed by atoms with E-state index in [1.165, 1.54) is 12.7 Å². The summed E-state index contributed by atoms with van der Waals surface area (Å²) in [6.07, 6.45) is 16.0. The topological polar surface area (TPSA) is 205 Å². The maximum atomic E-state index is 12.4. The molecule has 1 unspecified atom stereocenters. The third-order valence-corrected chi connectivity index (χ3v) is 8.64. The van der Waals surface area contributed by atoms with Gasteiger partial charge in [0.15, 0.2) is 22.9 Å². The van der Waals surface area contributed by atoms with Crippen LogP contribution in [0.2, 0.25) is 0 Å². The molecule has 0 aromatic carbocycles. The van der Waals surface area contributed by atoms with Crippen molar-refractivity contribution in [3.63, 3.8) is 0 Å². The van der Waals surface area contributed by atoms with Crippen molar-refractivity contribution >= 4 is 52.1 Å². The Labute approximate surface area is 322 Å². The quantitative estimate of drug-likeness (QED) is 0.239. The van der Waals surface area contributed by atoms with E-state index in [2.05, 4.69) is 41.0 Å². The molecule has 20 heteroatoms. The maximum Gasteiger partial charge on any atom is 0.410 e. The van der Waals surface area contributed by atoms with Crippen molar-refractivity contribution in [3.8, 4) is 0 Å². The molecule has 0 radical (unpaired) electrons. The van der Waals surface area contributed by atoms with Crippen LogP contribution in [0.15, 0.2) is 55.9 Å². The van der Waals surface area contributed by atoms with Crippen molar-refractivity contribution in [2.24, 2.45) is 14.1 Å².